The van der Waals surface area contributed by atoms with E-state index in [1.807, 2.05) is 0 Å². The summed E-state index contributed by atoms with van der Waals surface area (Å²) in [4.78, 5) is 11.7. The van der Waals surface area contributed by atoms with E-state index in [0.717, 1.165) is 0 Å². The minimum atomic E-state index is -1.91. The highest BCUT2D eigenvalue weighted by Gasteiger charge is 2.17. The molecule has 2 N–H and O–H groups in total. The second-order valence-electron chi connectivity index (χ2n) is 3.20. The van der Waals surface area contributed by atoms with Gasteiger partial charge in [0, 0.05) is 12.7 Å². The fraction of sp³-hybridized carbons (Fsp3) is 0.300. The maximum atomic E-state index is 12.9. The molecule has 0 aromatic heterocycles. The molecule has 0 aliphatic heterocycles. The number of nitrogens with zero attached hydrogens (tertiary/aromatic N) is 1. The van der Waals surface area contributed by atoms with Gasteiger partial charge in [-0.3, -0.25) is 0 Å². The fourth-order valence-corrected chi connectivity index (χ4v) is 1.13. The summed E-state index contributed by atoms with van der Waals surface area (Å²) < 4.78 is 12.9. The summed E-state index contributed by atoms with van der Waals surface area (Å²) in [5.74, 6) is -1.36. The Balaban J connectivity index is 2.64. The number of anilines is 1. The van der Waals surface area contributed by atoms with E-state index in [0.29, 0.717) is 5.69 Å². The van der Waals surface area contributed by atoms with Gasteiger partial charge in [-0.25, -0.2) is 9.18 Å². The van der Waals surface area contributed by atoms with Crippen LogP contribution in [-0.2, 0) is 4.79 Å². The second kappa shape index (κ2) is 4.63. The van der Waals surface area contributed by atoms with E-state index in [4.69, 9.17) is 10.2 Å². The van der Waals surface area contributed by atoms with Crippen molar-refractivity contribution in [1.29, 1.82) is 0 Å². The van der Waals surface area contributed by atoms with Gasteiger partial charge >= 0.3 is 5.97 Å². The molecule has 1 atom stereocenters. The van der Waals surface area contributed by atoms with Gasteiger partial charge in [0.2, 0.25) is 6.17 Å². The summed E-state index contributed by atoms with van der Waals surface area (Å²) in [6.07, 6.45) is -1.91. The van der Waals surface area contributed by atoms with E-state index < -0.39 is 12.1 Å². The number of alkyl halides is 1. The smallest absolute Gasteiger partial charge is 0.340 e. The highest BCUT2D eigenvalue weighted by atomic mass is 19.1. The van der Waals surface area contributed by atoms with Crippen molar-refractivity contribution in [2.45, 2.75) is 6.17 Å². The number of benzene rings is 1. The Morgan fingerprint density at radius 3 is 2.47 bits per heavy atom. The molecular formula is C10H12FNO3. The van der Waals surface area contributed by atoms with Crippen molar-refractivity contribution in [2.24, 2.45) is 0 Å². The van der Waals surface area contributed by atoms with Gasteiger partial charge in [-0.05, 0) is 24.3 Å². The first kappa shape index (κ1) is 11.3. The number of hydrogen-bond donors (Lipinski definition) is 2. The summed E-state index contributed by atoms with van der Waals surface area (Å²) in [6, 6.07) is 6.09. The average molecular weight is 213 g/mol. The molecule has 0 aliphatic carbocycles. The molecular weight excluding hydrogens is 201 g/mol. The first-order valence-electron chi connectivity index (χ1n) is 4.37. The Morgan fingerprint density at radius 1 is 1.47 bits per heavy atom. The van der Waals surface area contributed by atoms with Crippen LogP contribution >= 0.6 is 0 Å². The molecule has 82 valence electrons. The molecule has 1 unspecified atom stereocenters. The van der Waals surface area contributed by atoms with Crippen molar-refractivity contribution >= 4 is 11.7 Å². The summed E-state index contributed by atoms with van der Waals surface area (Å²) in [5, 5.41) is 17.4. The normalized spacial score (nSPS) is 12.1. The lowest BCUT2D eigenvalue weighted by Gasteiger charge is -2.19. The van der Waals surface area contributed by atoms with Crippen LogP contribution in [0.4, 0.5) is 10.1 Å². The molecule has 0 amide bonds. The van der Waals surface area contributed by atoms with E-state index in [-0.39, 0.29) is 12.3 Å². The highest BCUT2D eigenvalue weighted by molar-refractivity contribution is 5.73. The van der Waals surface area contributed by atoms with Gasteiger partial charge in [-0.2, -0.15) is 0 Å². The highest BCUT2D eigenvalue weighted by Crippen LogP contribution is 2.17. The van der Waals surface area contributed by atoms with Crippen molar-refractivity contribution in [3.8, 4) is 5.75 Å². The predicted octanol–water partition coefficient (Wildman–Crippen LogP) is 1.25. The number of carboxylic acid groups (broad SMARTS) is 1. The SMILES string of the molecule is CN(CC(F)C(=O)O)c1ccc(O)cc1. The maximum Gasteiger partial charge on any atom is 0.340 e. The largest absolute Gasteiger partial charge is 0.508 e. The van der Waals surface area contributed by atoms with E-state index in [1.54, 1.807) is 19.2 Å². The lowest BCUT2D eigenvalue weighted by Crippen LogP contribution is -2.31. The molecule has 0 fully saturated rings. The molecule has 0 saturated heterocycles. The molecule has 1 aromatic carbocycles. The van der Waals surface area contributed by atoms with Gasteiger partial charge in [-0.1, -0.05) is 0 Å². The topological polar surface area (TPSA) is 60.8 Å². The van der Waals surface area contributed by atoms with Crippen molar-refractivity contribution < 1.29 is 19.4 Å². The summed E-state index contributed by atoms with van der Waals surface area (Å²) in [5.41, 5.74) is 0.650. The van der Waals surface area contributed by atoms with Crippen LogP contribution in [0.1, 0.15) is 0 Å². The van der Waals surface area contributed by atoms with Gasteiger partial charge in [-0.15, -0.1) is 0 Å². The van der Waals surface area contributed by atoms with Gasteiger partial charge < -0.3 is 15.1 Å². The number of carbonyl (C=O) groups is 1. The standard InChI is InChI=1S/C10H12FNO3/c1-12(6-9(11)10(14)15)7-2-4-8(13)5-3-7/h2-5,9,13H,6H2,1H3,(H,14,15). The molecule has 0 heterocycles. The Labute approximate surface area is 86.6 Å². The van der Waals surface area contributed by atoms with Gasteiger partial charge in [0.25, 0.3) is 0 Å². The molecule has 5 heteroatoms. The Kier molecular flexibility index (Phi) is 3.49. The number of carboxylic acids is 1. The molecule has 15 heavy (non-hydrogen) atoms. The molecule has 0 bridgehead atoms. The van der Waals surface area contributed by atoms with Crippen molar-refractivity contribution in [2.75, 3.05) is 18.5 Å². The predicted molar refractivity (Wildman–Crippen MR) is 53.9 cm³/mol. The van der Waals surface area contributed by atoms with Crippen LogP contribution in [0.2, 0.25) is 0 Å². The zero-order valence-corrected chi connectivity index (χ0v) is 8.22. The van der Waals surface area contributed by atoms with Crippen LogP contribution in [0.25, 0.3) is 0 Å². The lowest BCUT2D eigenvalue weighted by molar-refractivity contribution is -0.142. The number of aliphatic carboxylic acids is 1. The molecule has 4 nitrogen and oxygen atoms in total. The summed E-state index contributed by atoms with van der Waals surface area (Å²) >= 11 is 0. The van der Waals surface area contributed by atoms with E-state index >= 15 is 0 Å². The Hall–Kier alpha value is -1.78. The molecule has 0 saturated carbocycles. The third-order valence-electron chi connectivity index (χ3n) is 1.99. The van der Waals surface area contributed by atoms with E-state index in [9.17, 15) is 9.18 Å². The van der Waals surface area contributed by atoms with Crippen LogP contribution in [0, 0.1) is 0 Å². The minimum Gasteiger partial charge on any atom is -0.508 e. The summed E-state index contributed by atoms with van der Waals surface area (Å²) in [6.45, 7) is -0.222. The monoisotopic (exact) mass is 213 g/mol. The zero-order valence-electron chi connectivity index (χ0n) is 8.22. The lowest BCUT2D eigenvalue weighted by atomic mass is 10.2. The van der Waals surface area contributed by atoms with Crippen LogP contribution in [0.5, 0.6) is 5.75 Å². The van der Waals surface area contributed by atoms with Crippen LogP contribution < -0.4 is 4.90 Å². The number of halogens is 1. The molecule has 0 spiro atoms. The van der Waals surface area contributed by atoms with Gasteiger partial charge in [0.05, 0.1) is 6.54 Å². The molecule has 0 aliphatic rings. The maximum absolute atomic E-state index is 12.9. The quantitative estimate of drug-likeness (QED) is 0.790. The molecule has 1 aromatic rings. The summed E-state index contributed by atoms with van der Waals surface area (Å²) in [7, 11) is 1.59. The number of phenols is 1. The average Bonchev–Trinajstić information content (AvgIpc) is 2.18. The zero-order chi connectivity index (χ0) is 11.4. The number of rotatable bonds is 4. The van der Waals surface area contributed by atoms with Crippen molar-refractivity contribution in [1.82, 2.24) is 0 Å². The number of aromatic hydroxyl groups is 1. The number of hydrogen-bond acceptors (Lipinski definition) is 3. The third-order valence-corrected chi connectivity index (χ3v) is 1.99. The Bertz CT molecular complexity index is 339. The molecule has 1 rings (SSSR count). The minimum absolute atomic E-state index is 0.113. The van der Waals surface area contributed by atoms with Crippen LogP contribution in [0.3, 0.4) is 0 Å². The van der Waals surface area contributed by atoms with E-state index in [2.05, 4.69) is 0 Å². The third kappa shape index (κ3) is 3.12. The first-order valence-corrected chi connectivity index (χ1v) is 4.37. The van der Waals surface area contributed by atoms with Crippen molar-refractivity contribution in [3.05, 3.63) is 24.3 Å². The second-order valence-corrected chi connectivity index (χ2v) is 3.20. The Morgan fingerprint density at radius 2 is 2.00 bits per heavy atom. The van der Waals surface area contributed by atoms with E-state index in [1.165, 1.54) is 17.0 Å². The van der Waals surface area contributed by atoms with Crippen LogP contribution in [-0.4, -0.2) is 35.9 Å². The molecule has 0 radical (unpaired) electrons. The van der Waals surface area contributed by atoms with Crippen molar-refractivity contribution in [3.63, 3.8) is 0 Å². The van der Waals surface area contributed by atoms with Crippen LogP contribution in [0.15, 0.2) is 24.3 Å². The number of phenolic OH excluding ortho intramolecular Hbond substituents is 1. The first-order chi connectivity index (χ1) is 7.00. The van der Waals surface area contributed by atoms with Gasteiger partial charge in [0.1, 0.15) is 5.75 Å². The fourth-order valence-electron chi connectivity index (χ4n) is 1.13. The van der Waals surface area contributed by atoms with Gasteiger partial charge in [0.15, 0.2) is 0 Å².